The van der Waals surface area contributed by atoms with Crippen molar-refractivity contribution in [2.24, 2.45) is 5.41 Å². The lowest BCUT2D eigenvalue weighted by Crippen LogP contribution is -2.30. The summed E-state index contributed by atoms with van der Waals surface area (Å²) in [6.45, 7) is 6.01. The van der Waals surface area contributed by atoms with Crippen molar-refractivity contribution in [3.8, 4) is 0 Å². The number of nitrogens with zero attached hydrogens (tertiary/aromatic N) is 2. The van der Waals surface area contributed by atoms with E-state index in [4.69, 9.17) is 4.52 Å². The largest absolute Gasteiger partial charge is 0.481 e. The Morgan fingerprint density at radius 3 is 2.44 bits per heavy atom. The quantitative estimate of drug-likeness (QED) is 0.894. The number of carboxylic acids is 1. The summed E-state index contributed by atoms with van der Waals surface area (Å²) in [5.41, 5.74) is -0.866. The van der Waals surface area contributed by atoms with Crippen LogP contribution in [0.4, 0.5) is 0 Å². The lowest BCUT2D eigenvalue weighted by atomic mass is 9.83. The third-order valence-corrected chi connectivity index (χ3v) is 3.64. The molecule has 0 saturated heterocycles. The highest BCUT2D eigenvalue weighted by Crippen LogP contribution is 2.41. The van der Waals surface area contributed by atoms with Crippen LogP contribution in [-0.4, -0.2) is 21.2 Å². The van der Waals surface area contributed by atoms with Gasteiger partial charge in [0.15, 0.2) is 5.82 Å². The molecule has 1 heterocycles. The first kappa shape index (κ1) is 13.1. The zero-order valence-electron chi connectivity index (χ0n) is 11.2. The van der Waals surface area contributed by atoms with Gasteiger partial charge in [-0.3, -0.25) is 4.79 Å². The molecular weight excluding hydrogens is 232 g/mol. The van der Waals surface area contributed by atoms with Crippen molar-refractivity contribution in [2.45, 2.75) is 58.3 Å². The predicted octanol–water partition coefficient (Wildman–Crippen LogP) is 2.55. The molecule has 0 amide bonds. The van der Waals surface area contributed by atoms with Crippen molar-refractivity contribution >= 4 is 5.97 Å². The second-order valence-electron chi connectivity index (χ2n) is 6.23. The summed E-state index contributed by atoms with van der Waals surface area (Å²) in [4.78, 5) is 15.8. The highest BCUT2D eigenvalue weighted by molar-refractivity contribution is 5.75. The van der Waals surface area contributed by atoms with Crippen LogP contribution in [-0.2, 0) is 16.6 Å². The Kier molecular flexibility index (Phi) is 3.17. The third-order valence-electron chi connectivity index (χ3n) is 3.64. The summed E-state index contributed by atoms with van der Waals surface area (Å²) in [5.74, 6) is 0.343. The molecule has 2 rings (SSSR count). The van der Waals surface area contributed by atoms with E-state index < -0.39 is 11.4 Å². The van der Waals surface area contributed by atoms with Crippen LogP contribution in [0.3, 0.4) is 0 Å². The molecule has 1 N–H and O–H groups in total. The maximum atomic E-state index is 11.4. The molecule has 0 bridgehead atoms. The second kappa shape index (κ2) is 4.37. The standard InChI is InChI=1S/C13H20N2O3/c1-12(2,3)10-14-9(18-15-10)8-13(11(16)17)6-4-5-7-13/h4-8H2,1-3H3,(H,16,17). The van der Waals surface area contributed by atoms with E-state index in [1.54, 1.807) is 0 Å². The van der Waals surface area contributed by atoms with E-state index in [1.807, 2.05) is 20.8 Å². The fraction of sp³-hybridized carbons (Fsp3) is 0.769. The van der Waals surface area contributed by atoms with E-state index in [1.165, 1.54) is 0 Å². The molecule has 0 aliphatic heterocycles. The van der Waals surface area contributed by atoms with Gasteiger partial charge in [0.05, 0.1) is 5.41 Å². The number of carbonyl (C=O) groups is 1. The van der Waals surface area contributed by atoms with E-state index in [-0.39, 0.29) is 5.41 Å². The monoisotopic (exact) mass is 252 g/mol. The topological polar surface area (TPSA) is 76.2 Å². The maximum Gasteiger partial charge on any atom is 0.310 e. The molecule has 0 aromatic carbocycles. The van der Waals surface area contributed by atoms with Crippen molar-refractivity contribution in [1.82, 2.24) is 10.1 Å². The smallest absolute Gasteiger partial charge is 0.310 e. The van der Waals surface area contributed by atoms with Gasteiger partial charge in [0.2, 0.25) is 5.89 Å². The Balaban J connectivity index is 2.18. The molecule has 1 fully saturated rings. The average Bonchev–Trinajstić information content (AvgIpc) is 2.86. The Bertz CT molecular complexity index is 439. The van der Waals surface area contributed by atoms with Gasteiger partial charge in [-0.15, -0.1) is 0 Å². The van der Waals surface area contributed by atoms with E-state index in [2.05, 4.69) is 10.1 Å². The normalized spacial score (nSPS) is 19.1. The number of carboxylic acid groups (broad SMARTS) is 1. The minimum Gasteiger partial charge on any atom is -0.481 e. The third kappa shape index (κ3) is 2.40. The zero-order valence-corrected chi connectivity index (χ0v) is 11.2. The summed E-state index contributed by atoms with van der Waals surface area (Å²) in [7, 11) is 0. The average molecular weight is 252 g/mol. The van der Waals surface area contributed by atoms with Crippen LogP contribution in [0.2, 0.25) is 0 Å². The summed E-state index contributed by atoms with van der Waals surface area (Å²) in [6.07, 6.45) is 3.69. The number of hydrogen-bond acceptors (Lipinski definition) is 4. The van der Waals surface area contributed by atoms with Crippen molar-refractivity contribution in [3.05, 3.63) is 11.7 Å². The van der Waals surface area contributed by atoms with Gasteiger partial charge in [-0.2, -0.15) is 4.98 Å². The summed E-state index contributed by atoms with van der Waals surface area (Å²) in [5, 5.41) is 13.3. The number of aromatic nitrogens is 2. The van der Waals surface area contributed by atoms with Crippen molar-refractivity contribution in [1.29, 1.82) is 0 Å². The first-order chi connectivity index (χ1) is 8.33. The molecule has 1 saturated carbocycles. The van der Waals surface area contributed by atoms with Crippen molar-refractivity contribution < 1.29 is 14.4 Å². The van der Waals surface area contributed by atoms with E-state index in [0.717, 1.165) is 12.8 Å². The first-order valence-corrected chi connectivity index (χ1v) is 6.40. The Hall–Kier alpha value is -1.39. The van der Waals surface area contributed by atoms with Crippen molar-refractivity contribution in [3.63, 3.8) is 0 Å². The Labute approximate surface area is 107 Å². The number of aliphatic carboxylic acids is 1. The van der Waals surface area contributed by atoms with Gasteiger partial charge >= 0.3 is 5.97 Å². The van der Waals surface area contributed by atoms with Crippen LogP contribution in [0.5, 0.6) is 0 Å². The van der Waals surface area contributed by atoms with Gasteiger partial charge in [0.25, 0.3) is 0 Å². The first-order valence-electron chi connectivity index (χ1n) is 6.40. The highest BCUT2D eigenvalue weighted by Gasteiger charge is 2.43. The van der Waals surface area contributed by atoms with Gasteiger partial charge in [-0.1, -0.05) is 38.8 Å². The molecule has 5 heteroatoms. The molecule has 1 aliphatic rings. The molecule has 0 unspecified atom stereocenters. The van der Waals surface area contributed by atoms with Gasteiger partial charge in [-0.25, -0.2) is 0 Å². The fourth-order valence-electron chi connectivity index (χ4n) is 2.44. The number of hydrogen-bond donors (Lipinski definition) is 1. The molecule has 1 aromatic rings. The van der Waals surface area contributed by atoms with Crippen LogP contribution >= 0.6 is 0 Å². The Morgan fingerprint density at radius 2 is 2.00 bits per heavy atom. The molecule has 1 aromatic heterocycles. The highest BCUT2D eigenvalue weighted by atomic mass is 16.5. The molecule has 18 heavy (non-hydrogen) atoms. The van der Waals surface area contributed by atoms with Gasteiger partial charge in [-0.05, 0) is 12.8 Å². The number of rotatable bonds is 3. The molecule has 5 nitrogen and oxygen atoms in total. The lowest BCUT2D eigenvalue weighted by Gasteiger charge is -2.21. The van der Waals surface area contributed by atoms with Crippen LogP contribution in [0.25, 0.3) is 0 Å². The maximum absolute atomic E-state index is 11.4. The molecular formula is C13H20N2O3. The van der Waals surface area contributed by atoms with Gasteiger partial charge in [0, 0.05) is 11.8 Å². The lowest BCUT2D eigenvalue weighted by molar-refractivity contribution is -0.148. The van der Waals surface area contributed by atoms with E-state index in [0.29, 0.717) is 31.0 Å². The molecule has 0 atom stereocenters. The summed E-state index contributed by atoms with van der Waals surface area (Å²) < 4.78 is 5.20. The fourth-order valence-corrected chi connectivity index (χ4v) is 2.44. The molecule has 100 valence electrons. The molecule has 1 aliphatic carbocycles. The van der Waals surface area contributed by atoms with Crippen LogP contribution in [0.1, 0.15) is 58.2 Å². The minimum atomic E-state index is -0.740. The summed E-state index contributed by atoms with van der Waals surface area (Å²) >= 11 is 0. The molecule has 0 radical (unpaired) electrons. The van der Waals surface area contributed by atoms with E-state index >= 15 is 0 Å². The molecule has 0 spiro atoms. The van der Waals surface area contributed by atoms with Gasteiger partial charge < -0.3 is 9.63 Å². The van der Waals surface area contributed by atoms with Gasteiger partial charge in [0.1, 0.15) is 0 Å². The van der Waals surface area contributed by atoms with Crippen LogP contribution in [0, 0.1) is 5.41 Å². The second-order valence-corrected chi connectivity index (χ2v) is 6.23. The van der Waals surface area contributed by atoms with Crippen molar-refractivity contribution in [2.75, 3.05) is 0 Å². The minimum absolute atomic E-state index is 0.173. The van der Waals surface area contributed by atoms with E-state index in [9.17, 15) is 9.90 Å². The van der Waals surface area contributed by atoms with Crippen LogP contribution in [0.15, 0.2) is 4.52 Å². The summed E-state index contributed by atoms with van der Waals surface area (Å²) in [6, 6.07) is 0. The predicted molar refractivity (Wildman–Crippen MR) is 65.2 cm³/mol. The van der Waals surface area contributed by atoms with Crippen LogP contribution < -0.4 is 0 Å². The zero-order chi connectivity index (χ0) is 13.4. The SMILES string of the molecule is CC(C)(C)c1noc(CC2(C(=O)O)CCCC2)n1. The Morgan fingerprint density at radius 1 is 1.39 bits per heavy atom.